The van der Waals surface area contributed by atoms with E-state index < -0.39 is 0 Å². The molecule has 0 unspecified atom stereocenters. The first-order chi connectivity index (χ1) is 0. The van der Waals surface area contributed by atoms with E-state index in [4.69, 9.17) is 0 Å². The normalized spacial score (nSPS) is 0. The van der Waals surface area contributed by atoms with Gasteiger partial charge in [0.25, 0.3) is 0 Å². The molecule has 1 nitrogen and oxygen atoms in total. The summed E-state index contributed by atoms with van der Waals surface area (Å²) < 4.78 is 0. The predicted molar refractivity (Wildman–Crippen MR) is 3.61 cm³/mol. The molecule has 0 atom stereocenters. The summed E-state index contributed by atoms with van der Waals surface area (Å²) in [5.74, 6) is 0. The summed E-state index contributed by atoms with van der Waals surface area (Å²) >= 11 is 0. The minimum atomic E-state index is 0. The summed E-state index contributed by atoms with van der Waals surface area (Å²) in [7, 11) is 0. The van der Waals surface area contributed by atoms with Gasteiger partial charge in [0.1, 0.15) is 0 Å². The van der Waals surface area contributed by atoms with Crippen molar-refractivity contribution in [2.24, 2.45) is 0 Å². The van der Waals surface area contributed by atoms with Crippen LogP contribution in [0.15, 0.2) is 0 Å². The van der Waals surface area contributed by atoms with Crippen molar-refractivity contribution in [3.8, 4) is 0 Å². The van der Waals surface area contributed by atoms with E-state index in [1.54, 1.807) is 0 Å². The van der Waals surface area contributed by atoms with Gasteiger partial charge < -0.3 is 5.48 Å². The van der Waals surface area contributed by atoms with Gasteiger partial charge in [-0.15, -0.1) is 0 Å². The van der Waals surface area contributed by atoms with Crippen LogP contribution in [0.3, 0.4) is 0 Å². The van der Waals surface area contributed by atoms with Crippen molar-refractivity contribution in [2.75, 3.05) is 0 Å². The smallest absolute Gasteiger partial charge is 0 e. The second-order valence-electron chi connectivity index (χ2n) is 0. The molecule has 0 rings (SSSR count). The Hall–Kier alpha value is 1.84. The van der Waals surface area contributed by atoms with Gasteiger partial charge in [0, 0.05) is 58.8 Å². The van der Waals surface area contributed by atoms with E-state index in [0.29, 0.717) is 0 Å². The van der Waals surface area contributed by atoms with Crippen LogP contribution in [0.4, 0.5) is 0 Å². The molecule has 0 saturated carbocycles. The van der Waals surface area contributed by atoms with Crippen LogP contribution in [0.25, 0.3) is 0 Å². The van der Waals surface area contributed by atoms with E-state index in [1.807, 2.05) is 0 Å². The Labute approximate surface area is 63.9 Å². The third-order valence-corrected chi connectivity index (χ3v) is 0. The third-order valence-electron chi connectivity index (χ3n) is 0. The molecule has 0 aromatic heterocycles. The molecule has 4 heteroatoms. The molecule has 0 bridgehead atoms. The molecule has 0 aromatic rings. The van der Waals surface area contributed by atoms with E-state index in [0.717, 1.165) is 0 Å². The summed E-state index contributed by atoms with van der Waals surface area (Å²) in [5, 5.41) is 0. The van der Waals surface area contributed by atoms with Gasteiger partial charge in [-0.25, -0.2) is 0 Å². The largest absolute Gasteiger partial charge is 0.412 e. The zero-order chi connectivity index (χ0) is 0. The van der Waals surface area contributed by atoms with Gasteiger partial charge in [-0.2, -0.15) is 0 Å². The molecule has 2 N–H and O–H groups in total. The topological polar surface area (TPSA) is 31.5 Å². The first-order valence-electron chi connectivity index (χ1n) is 0. The molecule has 0 aliphatic heterocycles. The van der Waals surface area contributed by atoms with Gasteiger partial charge in [-0.05, 0) is 0 Å². The van der Waals surface area contributed by atoms with Crippen LogP contribution in [0.2, 0.25) is 0 Å². The fraction of sp³-hybridized carbons (Fsp3) is 0. The molecule has 2 radical (unpaired) electrons. The van der Waals surface area contributed by atoms with Crippen LogP contribution < -0.4 is 0 Å². The van der Waals surface area contributed by atoms with Gasteiger partial charge in [0.05, 0.1) is 0 Å². The van der Waals surface area contributed by atoms with Crippen LogP contribution in [0.5, 0.6) is 0 Å². The maximum Gasteiger partial charge on any atom is 0 e. The van der Waals surface area contributed by atoms with Crippen molar-refractivity contribution in [3.63, 3.8) is 0 Å². The van der Waals surface area contributed by atoms with Crippen LogP contribution in [0, 0.1) is 0 Å². The second kappa shape index (κ2) is 21.1. The Kier molecular flexibility index (Phi) is 212. The van der Waals surface area contributed by atoms with E-state index in [-0.39, 0.29) is 64.3 Å². The zero-order valence-corrected chi connectivity index (χ0v) is 6.25. The van der Waals surface area contributed by atoms with Crippen LogP contribution in [0.1, 0.15) is 0 Å². The second-order valence-corrected chi connectivity index (χ2v) is 0. The SMILES string of the molecule is O.[Ti].[V].[V]. The van der Waals surface area contributed by atoms with Crippen molar-refractivity contribution in [2.45, 2.75) is 0 Å². The zero-order valence-electron chi connectivity index (χ0n) is 1.89. The van der Waals surface area contributed by atoms with Crippen molar-refractivity contribution in [1.29, 1.82) is 0 Å². The summed E-state index contributed by atoms with van der Waals surface area (Å²) in [6.07, 6.45) is 0. The summed E-state index contributed by atoms with van der Waals surface area (Å²) in [6.45, 7) is 0. The van der Waals surface area contributed by atoms with Crippen molar-refractivity contribution in [1.82, 2.24) is 0 Å². The molecule has 0 aromatic carbocycles. The molecule has 0 saturated heterocycles. The molecule has 0 heterocycles. The summed E-state index contributed by atoms with van der Waals surface area (Å²) in [4.78, 5) is 0. The molecule has 0 aliphatic carbocycles. The maximum absolute atomic E-state index is 0. The third kappa shape index (κ3) is 9.14. The molecule has 4 heavy (non-hydrogen) atoms. The predicted octanol–water partition coefficient (Wildman–Crippen LogP) is -0.832. The Morgan fingerprint density at radius 3 is 0.750 bits per heavy atom. The molecule has 0 aliphatic rings. The Bertz CT molecular complexity index is 6.00. The maximum atomic E-state index is 0. The number of hydrogen-bond donors (Lipinski definition) is 0. The van der Waals surface area contributed by atoms with Crippen molar-refractivity contribution < 1.29 is 64.3 Å². The van der Waals surface area contributed by atoms with Crippen LogP contribution in [-0.2, 0) is 58.8 Å². The first kappa shape index (κ1) is 40.3. The summed E-state index contributed by atoms with van der Waals surface area (Å²) in [6, 6.07) is 0. The number of rotatable bonds is 0. The molecule has 0 fully saturated rings. The van der Waals surface area contributed by atoms with Crippen molar-refractivity contribution >= 4 is 0 Å². The average Bonchev–Trinajstić information content (AvgIpc) is 0. The standard InChI is InChI=1S/H2O.Ti.2V/h1H2;;;. The fourth-order valence-corrected chi connectivity index (χ4v) is 0. The molecular formula is H2OTiV2. The Morgan fingerprint density at radius 2 is 0.750 bits per heavy atom. The van der Waals surface area contributed by atoms with E-state index in [1.165, 1.54) is 0 Å². The minimum Gasteiger partial charge on any atom is -0.412 e. The van der Waals surface area contributed by atoms with Gasteiger partial charge in [-0.3, -0.25) is 0 Å². The van der Waals surface area contributed by atoms with Crippen LogP contribution in [-0.4, -0.2) is 5.48 Å². The Balaban J connectivity index is 0. The summed E-state index contributed by atoms with van der Waals surface area (Å²) in [5.41, 5.74) is 0. The van der Waals surface area contributed by atoms with E-state index in [2.05, 4.69) is 0 Å². The number of hydrogen-bond acceptors (Lipinski definition) is 0. The van der Waals surface area contributed by atoms with Gasteiger partial charge in [0.2, 0.25) is 0 Å². The molecule has 0 amide bonds. The monoisotopic (exact) mass is 168 g/mol. The van der Waals surface area contributed by atoms with E-state index in [9.17, 15) is 0 Å². The van der Waals surface area contributed by atoms with Gasteiger partial charge >= 0.3 is 0 Å². The van der Waals surface area contributed by atoms with Gasteiger partial charge in [-0.1, -0.05) is 0 Å². The quantitative estimate of drug-likeness (QED) is 0.422. The van der Waals surface area contributed by atoms with Crippen molar-refractivity contribution in [3.05, 3.63) is 0 Å². The molecule has 22 valence electrons. The van der Waals surface area contributed by atoms with E-state index >= 15 is 0 Å². The molecule has 0 spiro atoms. The van der Waals surface area contributed by atoms with Crippen LogP contribution >= 0.6 is 0 Å². The Morgan fingerprint density at radius 1 is 0.750 bits per heavy atom. The first-order valence-corrected chi connectivity index (χ1v) is 0. The fourth-order valence-electron chi connectivity index (χ4n) is 0. The average molecular weight is 168 g/mol. The molecular weight excluding hydrogens is 166 g/mol. The minimum absolute atomic E-state index is 0. The van der Waals surface area contributed by atoms with Gasteiger partial charge in [0.15, 0.2) is 0 Å².